The van der Waals surface area contributed by atoms with Crippen molar-refractivity contribution in [3.05, 3.63) is 77.3 Å². The van der Waals surface area contributed by atoms with Crippen LogP contribution in [-0.4, -0.2) is 18.6 Å². The van der Waals surface area contributed by atoms with Crippen molar-refractivity contribution in [1.82, 2.24) is 0 Å². The van der Waals surface area contributed by atoms with Crippen molar-refractivity contribution in [3.8, 4) is 11.3 Å². The first kappa shape index (κ1) is 24.7. The summed E-state index contributed by atoms with van der Waals surface area (Å²) in [5.74, 6) is 0.166. The first-order valence-electron chi connectivity index (χ1n) is 9.73. The lowest BCUT2D eigenvalue weighted by atomic mass is 10.1. The van der Waals surface area contributed by atoms with Crippen molar-refractivity contribution in [2.24, 2.45) is 0 Å². The van der Waals surface area contributed by atoms with Gasteiger partial charge in [-0.3, -0.25) is 4.79 Å². The Kier molecular flexibility index (Phi) is 6.91. The van der Waals surface area contributed by atoms with Crippen LogP contribution in [0.1, 0.15) is 18.2 Å². The fraction of sp³-hybridized carbons (Fsp3) is 0.217. The molecule has 0 aliphatic heterocycles. The van der Waals surface area contributed by atoms with Crippen molar-refractivity contribution >= 4 is 23.0 Å². The van der Waals surface area contributed by atoms with E-state index in [1.54, 1.807) is 24.3 Å². The number of hydrogen-bond donors (Lipinski definition) is 1. The highest BCUT2D eigenvalue weighted by atomic mass is 19.4. The standard InChI is InChI=1S/C23H17F6N3O2/c1-14(33)31-16-5-3-15(4-6-16)21-10-8-18(34-21)12-32(13-22(24,25)26)17-7-9-20(30-2)19(11-17)23(27,28)29/h3-11H,12-13H2,1H3,(H,31,33). The van der Waals surface area contributed by atoms with Gasteiger partial charge in [-0.15, -0.1) is 0 Å². The van der Waals surface area contributed by atoms with Crippen molar-refractivity contribution in [1.29, 1.82) is 0 Å². The van der Waals surface area contributed by atoms with Crippen molar-refractivity contribution < 1.29 is 35.6 Å². The number of anilines is 2. The molecule has 34 heavy (non-hydrogen) atoms. The average molecular weight is 481 g/mol. The van der Waals surface area contributed by atoms with Crippen LogP contribution < -0.4 is 10.2 Å². The van der Waals surface area contributed by atoms with Crippen LogP contribution in [0, 0.1) is 6.57 Å². The Morgan fingerprint density at radius 2 is 1.71 bits per heavy atom. The second-order valence-electron chi connectivity index (χ2n) is 7.31. The Balaban J connectivity index is 1.89. The Bertz CT molecular complexity index is 1210. The quantitative estimate of drug-likeness (QED) is 0.303. The van der Waals surface area contributed by atoms with E-state index in [0.29, 0.717) is 28.0 Å². The summed E-state index contributed by atoms with van der Waals surface area (Å²) < 4.78 is 85.2. The fourth-order valence-electron chi connectivity index (χ4n) is 3.23. The number of nitrogens with zero attached hydrogens (tertiary/aromatic N) is 2. The molecule has 1 aromatic heterocycles. The summed E-state index contributed by atoms with van der Waals surface area (Å²) in [5.41, 5.74) is -1.24. The number of carbonyl (C=O) groups excluding carboxylic acids is 1. The molecule has 0 radical (unpaired) electrons. The predicted octanol–water partition coefficient (Wildman–Crippen LogP) is 7.04. The molecule has 0 saturated carbocycles. The minimum absolute atomic E-state index is 0.0907. The lowest BCUT2D eigenvalue weighted by molar-refractivity contribution is -0.136. The number of rotatable bonds is 6. The van der Waals surface area contributed by atoms with Gasteiger partial charge in [-0.2, -0.15) is 26.3 Å². The molecule has 0 unspecified atom stereocenters. The molecule has 0 saturated heterocycles. The van der Waals surface area contributed by atoms with Crippen LogP contribution in [0.15, 0.2) is 59.0 Å². The highest BCUT2D eigenvalue weighted by molar-refractivity contribution is 5.88. The van der Waals surface area contributed by atoms with Gasteiger partial charge >= 0.3 is 12.4 Å². The lowest BCUT2D eigenvalue weighted by Gasteiger charge is -2.26. The zero-order valence-electron chi connectivity index (χ0n) is 17.6. The smallest absolute Gasteiger partial charge is 0.407 e. The topological polar surface area (TPSA) is 49.8 Å². The first-order chi connectivity index (χ1) is 15.9. The van der Waals surface area contributed by atoms with Crippen molar-refractivity contribution in [2.45, 2.75) is 25.8 Å². The summed E-state index contributed by atoms with van der Waals surface area (Å²) in [6.45, 7) is 6.26. The summed E-state index contributed by atoms with van der Waals surface area (Å²) in [7, 11) is 0. The Hall–Kier alpha value is -3.94. The monoisotopic (exact) mass is 481 g/mol. The minimum atomic E-state index is -4.90. The van der Waals surface area contributed by atoms with E-state index < -0.39 is 36.7 Å². The zero-order valence-corrected chi connectivity index (χ0v) is 17.6. The fourth-order valence-corrected chi connectivity index (χ4v) is 3.23. The number of nitrogens with one attached hydrogen (secondary N) is 1. The summed E-state index contributed by atoms with van der Waals surface area (Å²) >= 11 is 0. The normalized spacial score (nSPS) is 11.7. The van der Waals surface area contributed by atoms with Crippen molar-refractivity contribution in [3.63, 3.8) is 0 Å². The second kappa shape index (κ2) is 9.51. The van der Waals surface area contributed by atoms with Crippen LogP contribution in [0.4, 0.5) is 43.4 Å². The van der Waals surface area contributed by atoms with Gasteiger partial charge in [-0.25, -0.2) is 4.85 Å². The maximum absolute atomic E-state index is 13.3. The van der Waals surface area contributed by atoms with Gasteiger partial charge in [-0.05, 0) is 48.5 Å². The molecule has 1 heterocycles. The third kappa shape index (κ3) is 6.31. The van der Waals surface area contributed by atoms with E-state index in [4.69, 9.17) is 11.0 Å². The van der Waals surface area contributed by atoms with E-state index in [1.165, 1.54) is 19.1 Å². The number of amides is 1. The van der Waals surface area contributed by atoms with Crippen LogP contribution in [0.2, 0.25) is 0 Å². The maximum atomic E-state index is 13.3. The first-order valence-corrected chi connectivity index (χ1v) is 9.73. The molecule has 3 rings (SSSR count). The molecule has 3 aromatic rings. The molecule has 0 spiro atoms. The molecule has 1 amide bonds. The zero-order chi connectivity index (χ0) is 25.1. The van der Waals surface area contributed by atoms with E-state index in [-0.39, 0.29) is 17.4 Å². The summed E-state index contributed by atoms with van der Waals surface area (Å²) in [6, 6.07) is 11.9. The van der Waals surface area contributed by atoms with E-state index in [9.17, 15) is 31.1 Å². The van der Waals surface area contributed by atoms with Gasteiger partial charge in [0.1, 0.15) is 18.1 Å². The molecule has 0 fully saturated rings. The highest BCUT2D eigenvalue weighted by Crippen LogP contribution is 2.39. The van der Waals surface area contributed by atoms with Crippen LogP contribution >= 0.6 is 0 Å². The number of halogens is 6. The number of benzene rings is 2. The number of carbonyl (C=O) groups is 1. The SMILES string of the molecule is [C-]#[N+]c1ccc(N(Cc2ccc(-c3ccc(NC(C)=O)cc3)o2)CC(F)(F)F)cc1C(F)(F)F. The summed E-state index contributed by atoms with van der Waals surface area (Å²) in [5, 5.41) is 2.60. The molecule has 0 aliphatic rings. The van der Waals surface area contributed by atoms with Gasteiger partial charge in [0.2, 0.25) is 5.91 Å². The molecule has 0 bridgehead atoms. The van der Waals surface area contributed by atoms with Gasteiger partial charge in [0, 0.05) is 23.9 Å². The third-order valence-corrected chi connectivity index (χ3v) is 4.64. The molecular weight excluding hydrogens is 464 g/mol. The number of hydrogen-bond acceptors (Lipinski definition) is 3. The highest BCUT2D eigenvalue weighted by Gasteiger charge is 2.36. The van der Waals surface area contributed by atoms with E-state index in [1.807, 2.05) is 0 Å². The molecule has 5 nitrogen and oxygen atoms in total. The van der Waals surface area contributed by atoms with Crippen LogP contribution in [0.3, 0.4) is 0 Å². The Labute approximate surface area is 190 Å². The van der Waals surface area contributed by atoms with Gasteiger partial charge in [-0.1, -0.05) is 6.07 Å². The molecule has 178 valence electrons. The molecule has 0 aliphatic carbocycles. The van der Waals surface area contributed by atoms with Gasteiger partial charge in [0.15, 0.2) is 5.69 Å². The van der Waals surface area contributed by atoms with Gasteiger partial charge < -0.3 is 14.6 Å². The maximum Gasteiger partial charge on any atom is 0.407 e. The largest absolute Gasteiger partial charge is 0.459 e. The van der Waals surface area contributed by atoms with Crippen molar-refractivity contribution in [2.75, 3.05) is 16.8 Å². The Morgan fingerprint density at radius 1 is 1.03 bits per heavy atom. The lowest BCUT2D eigenvalue weighted by Crippen LogP contribution is -2.33. The van der Waals surface area contributed by atoms with Crippen LogP contribution in [-0.2, 0) is 17.5 Å². The predicted molar refractivity (Wildman–Crippen MR) is 113 cm³/mol. The molecule has 1 N–H and O–H groups in total. The molecule has 2 aromatic carbocycles. The second-order valence-corrected chi connectivity index (χ2v) is 7.31. The number of alkyl halides is 6. The molecular formula is C23H17F6N3O2. The van der Waals surface area contributed by atoms with Gasteiger partial charge in [0.25, 0.3) is 0 Å². The minimum Gasteiger partial charge on any atom is -0.459 e. The molecule has 11 heteroatoms. The van der Waals surface area contributed by atoms with E-state index in [0.717, 1.165) is 12.1 Å². The van der Waals surface area contributed by atoms with E-state index >= 15 is 0 Å². The molecule has 0 atom stereocenters. The average Bonchev–Trinajstić information content (AvgIpc) is 3.20. The van der Waals surface area contributed by atoms with E-state index in [2.05, 4.69) is 10.2 Å². The Morgan fingerprint density at radius 3 is 2.26 bits per heavy atom. The van der Waals surface area contributed by atoms with Crippen LogP contribution in [0.25, 0.3) is 16.2 Å². The number of furan rings is 1. The van der Waals surface area contributed by atoms with Crippen LogP contribution in [0.5, 0.6) is 0 Å². The third-order valence-electron chi connectivity index (χ3n) is 4.64. The summed E-state index contributed by atoms with van der Waals surface area (Å²) in [4.78, 5) is 14.6. The van der Waals surface area contributed by atoms with Gasteiger partial charge in [0.05, 0.1) is 18.7 Å². The summed E-state index contributed by atoms with van der Waals surface area (Å²) in [6.07, 6.45) is -9.60.